The van der Waals surface area contributed by atoms with Gasteiger partial charge in [-0.3, -0.25) is 9.59 Å². The predicted octanol–water partition coefficient (Wildman–Crippen LogP) is 1.86. The molecule has 0 aliphatic carbocycles. The van der Waals surface area contributed by atoms with Crippen LogP contribution < -0.4 is 0 Å². The highest BCUT2D eigenvalue weighted by atomic mass is 16.8. The molecule has 0 bridgehead atoms. The van der Waals surface area contributed by atoms with Crippen LogP contribution in [0.2, 0.25) is 0 Å². The van der Waals surface area contributed by atoms with Crippen LogP contribution >= 0.6 is 0 Å². The van der Waals surface area contributed by atoms with Crippen LogP contribution in [-0.4, -0.2) is 206 Å². The molecule has 9 N–H and O–H groups in total. The van der Waals surface area contributed by atoms with E-state index in [4.69, 9.17) is 47.4 Å². The molecule has 4 heterocycles. The van der Waals surface area contributed by atoms with Crippen molar-refractivity contribution in [1.29, 1.82) is 0 Å². The van der Waals surface area contributed by atoms with Gasteiger partial charge in [-0.05, 0) is 52.9 Å². The average Bonchev–Trinajstić information content (AvgIpc) is 3.35. The molecule has 0 radical (unpaired) electrons. The van der Waals surface area contributed by atoms with E-state index in [0.717, 1.165) is 77.0 Å². The first-order chi connectivity index (χ1) is 34.9. The lowest BCUT2D eigenvalue weighted by molar-refractivity contribution is -0.397. The molecular formula is C51H90O22. The molecule has 0 aromatic rings. The van der Waals surface area contributed by atoms with Gasteiger partial charge in [-0.2, -0.15) is 0 Å². The first kappa shape index (κ1) is 63.5. The lowest BCUT2D eigenvalue weighted by Crippen LogP contribution is -2.68. The molecule has 4 aliphatic rings. The van der Waals surface area contributed by atoms with E-state index in [1.807, 2.05) is 0 Å². The molecule has 0 saturated carbocycles. The van der Waals surface area contributed by atoms with Gasteiger partial charge in [0, 0.05) is 19.3 Å². The van der Waals surface area contributed by atoms with Gasteiger partial charge in [0.15, 0.2) is 43.5 Å². The lowest BCUT2D eigenvalue weighted by Gasteiger charge is -2.50. The van der Waals surface area contributed by atoms with Crippen LogP contribution in [0.1, 0.15) is 164 Å². The number of carbonyl (C=O) groups excluding carboxylic acids is 3. The fourth-order valence-corrected chi connectivity index (χ4v) is 9.53. The molecule has 0 aromatic heterocycles. The van der Waals surface area contributed by atoms with E-state index in [1.165, 1.54) is 13.8 Å². The van der Waals surface area contributed by atoms with Gasteiger partial charge in [0.1, 0.15) is 72.9 Å². The molecule has 0 spiro atoms. The maximum Gasteiger partial charge on any atom is 0.306 e. The van der Waals surface area contributed by atoms with Gasteiger partial charge in [-0.1, -0.05) is 91.4 Å². The fraction of sp³-hybridized carbons (Fsp3) is 0.941. The fourth-order valence-electron chi connectivity index (χ4n) is 9.53. The Kier molecular flexibility index (Phi) is 28.4. The van der Waals surface area contributed by atoms with Gasteiger partial charge >= 0.3 is 11.9 Å². The minimum Gasteiger partial charge on any atom is -0.455 e. The van der Waals surface area contributed by atoms with Gasteiger partial charge in [0.25, 0.3) is 0 Å². The van der Waals surface area contributed by atoms with Crippen molar-refractivity contribution in [3.8, 4) is 0 Å². The lowest BCUT2D eigenvalue weighted by atomic mass is 9.95. The van der Waals surface area contributed by atoms with E-state index < -0.39 is 154 Å². The molecule has 4 rings (SSSR count). The van der Waals surface area contributed by atoms with Crippen molar-refractivity contribution in [1.82, 2.24) is 0 Å². The maximum atomic E-state index is 13.6. The summed E-state index contributed by atoms with van der Waals surface area (Å²) >= 11 is 0. The van der Waals surface area contributed by atoms with Gasteiger partial charge in [-0.25, -0.2) is 0 Å². The summed E-state index contributed by atoms with van der Waals surface area (Å²) in [5.74, 6) is -1.44. The van der Waals surface area contributed by atoms with Crippen LogP contribution in [0.5, 0.6) is 0 Å². The molecular weight excluding hydrogens is 965 g/mol. The Bertz CT molecular complexity index is 1580. The number of aliphatic hydroxyl groups is 9. The zero-order chi connectivity index (χ0) is 53.8. The molecule has 0 aromatic carbocycles. The third-order valence-electron chi connectivity index (χ3n) is 14.0. The molecule has 5 unspecified atom stereocenters. The Morgan fingerprint density at radius 3 is 1.51 bits per heavy atom. The smallest absolute Gasteiger partial charge is 0.306 e. The quantitative estimate of drug-likeness (QED) is 0.0343. The van der Waals surface area contributed by atoms with Crippen molar-refractivity contribution in [2.45, 2.75) is 292 Å². The van der Waals surface area contributed by atoms with Crippen molar-refractivity contribution >= 4 is 17.7 Å². The first-order valence-electron chi connectivity index (χ1n) is 27.0. The van der Waals surface area contributed by atoms with Crippen LogP contribution in [0.15, 0.2) is 0 Å². The van der Waals surface area contributed by atoms with E-state index in [9.17, 15) is 60.3 Å². The van der Waals surface area contributed by atoms with Crippen LogP contribution in [-0.2, 0) is 61.8 Å². The summed E-state index contributed by atoms with van der Waals surface area (Å²) in [6.07, 6.45) is -19.5. The largest absolute Gasteiger partial charge is 0.455 e. The number of esters is 2. The second-order valence-electron chi connectivity index (χ2n) is 20.2. The summed E-state index contributed by atoms with van der Waals surface area (Å²) < 4.78 is 61.9. The molecule has 4 saturated heterocycles. The van der Waals surface area contributed by atoms with Crippen LogP contribution in [0, 0.1) is 0 Å². The molecule has 73 heavy (non-hydrogen) atoms. The number of Topliss-reactive ketones (excluding diaryl/α,β-unsaturated/α-hetero) is 1. The summed E-state index contributed by atoms with van der Waals surface area (Å²) in [5, 5.41) is 98.2. The number of hydrogen-bond acceptors (Lipinski definition) is 22. The number of carbonyl (C=O) groups is 3. The van der Waals surface area contributed by atoms with E-state index in [0.29, 0.717) is 32.1 Å². The second kappa shape index (κ2) is 32.6. The molecule has 4 fully saturated rings. The number of ketones is 1. The number of unbranched alkanes of at least 4 members (excludes halogenated alkanes) is 10. The van der Waals surface area contributed by atoms with Crippen LogP contribution in [0.3, 0.4) is 0 Å². The third-order valence-corrected chi connectivity index (χ3v) is 14.0. The van der Waals surface area contributed by atoms with Crippen molar-refractivity contribution in [2.75, 3.05) is 13.2 Å². The zero-order valence-corrected chi connectivity index (χ0v) is 43.8. The first-order valence-corrected chi connectivity index (χ1v) is 27.0. The minimum atomic E-state index is -1.93. The van der Waals surface area contributed by atoms with E-state index in [2.05, 4.69) is 6.92 Å². The van der Waals surface area contributed by atoms with Gasteiger partial charge in [-0.15, -0.1) is 0 Å². The topological polar surface area (TPSA) is 326 Å². The highest BCUT2D eigenvalue weighted by Gasteiger charge is 2.57. The Labute approximate surface area is 430 Å². The summed E-state index contributed by atoms with van der Waals surface area (Å²) in [4.78, 5) is 38.6. The van der Waals surface area contributed by atoms with E-state index in [1.54, 1.807) is 20.8 Å². The maximum absolute atomic E-state index is 13.6. The normalized spacial score (nSPS) is 37.4. The Morgan fingerprint density at radius 1 is 0.466 bits per heavy atom. The Balaban J connectivity index is 1.77. The summed E-state index contributed by atoms with van der Waals surface area (Å²) in [6.45, 7) is 8.66. The third kappa shape index (κ3) is 19.1. The average molecular weight is 1060 g/mol. The van der Waals surface area contributed by atoms with Crippen LogP contribution in [0.4, 0.5) is 0 Å². The monoisotopic (exact) mass is 1050 g/mol. The SMILES string of the molecule is CCCCCCCCCC(CCCCCCCC(C)=O)O[C@@H]1O[C@H](CO)[C@@H](O)[C@H](O)C1O[C@@H]1O[C@H](COC2O[C@H](C)[C@H](O)[C@H](O)[C@@H]2O)[C@@H](OC(=O)CCC)C(OC(=O)CCC)[C@H]1OC1O[C@@H](C)[C@H](O)[C@@H](O)[C@@H]1O. The molecule has 22 heteroatoms. The van der Waals surface area contributed by atoms with E-state index in [-0.39, 0.29) is 18.6 Å². The number of hydrogen-bond donors (Lipinski definition) is 9. The molecule has 21 atom stereocenters. The molecule has 4 aliphatic heterocycles. The van der Waals surface area contributed by atoms with Crippen molar-refractivity contribution in [2.24, 2.45) is 0 Å². The molecule has 22 nitrogen and oxygen atoms in total. The van der Waals surface area contributed by atoms with Gasteiger partial charge in [0.05, 0.1) is 31.5 Å². The summed E-state index contributed by atoms with van der Waals surface area (Å²) in [6, 6.07) is 0. The molecule has 426 valence electrons. The highest BCUT2D eigenvalue weighted by molar-refractivity contribution is 5.75. The second-order valence-corrected chi connectivity index (χ2v) is 20.2. The predicted molar refractivity (Wildman–Crippen MR) is 257 cm³/mol. The zero-order valence-electron chi connectivity index (χ0n) is 43.8. The summed E-state index contributed by atoms with van der Waals surface area (Å²) in [5.41, 5.74) is 0. The van der Waals surface area contributed by atoms with Crippen LogP contribution in [0.25, 0.3) is 0 Å². The van der Waals surface area contributed by atoms with Crippen molar-refractivity contribution in [3.63, 3.8) is 0 Å². The van der Waals surface area contributed by atoms with E-state index >= 15 is 0 Å². The minimum absolute atomic E-state index is 0.113. The number of rotatable bonds is 32. The van der Waals surface area contributed by atoms with Gasteiger partial charge in [0.2, 0.25) is 0 Å². The Hall–Kier alpha value is -2.07. The number of ether oxygens (including phenoxy) is 10. The summed E-state index contributed by atoms with van der Waals surface area (Å²) in [7, 11) is 0. The Morgan fingerprint density at radius 2 is 0.959 bits per heavy atom. The standard InChI is InChI=1S/C51H90O22/c1-7-10-11-12-13-16-19-24-31(25-20-17-14-15-18-23-28(4)53)67-50-45(41(61)38(58)32(26-52)68-50)72-51-47(73-49-43(63)40(60)37(57)30(6)66-49)46(71-35(55)22-9-3)44(70-34(54)21-8-2)33(69-51)27-64-48-42(62)39(59)36(56)29(5)65-48/h29-33,36-52,56-63H,7-27H2,1-6H3/t29-,30+,31?,32-,33-,36+,37+,38-,39+,40-,41+,42+,43+,44-,45?,46?,47-,48?,49?,50-,51+/m1/s1. The number of aliphatic hydroxyl groups excluding tert-OH is 9. The molecule has 0 amide bonds. The van der Waals surface area contributed by atoms with Crippen molar-refractivity contribution in [3.05, 3.63) is 0 Å². The van der Waals surface area contributed by atoms with Crippen molar-refractivity contribution < 1.29 is 108 Å². The highest BCUT2D eigenvalue weighted by Crippen LogP contribution is 2.37. The van der Waals surface area contributed by atoms with Gasteiger partial charge < -0.3 is 98.1 Å².